The molecule has 0 aliphatic rings. The zero-order valence-electron chi connectivity index (χ0n) is 7.93. The smallest absolute Gasteiger partial charge is 0.164 e. The number of carbonyl (C=O) groups is 1. The molecule has 0 saturated heterocycles. The number of carbonyl (C=O) groups excluding carboxylic acids is 1. The van der Waals surface area contributed by atoms with Gasteiger partial charge in [0.2, 0.25) is 0 Å². The molecular formula is C10H10FIO2. The summed E-state index contributed by atoms with van der Waals surface area (Å²) in [6, 6.07) is 2.56. The fourth-order valence-corrected chi connectivity index (χ4v) is 2.10. The number of ether oxygens (including phenoxy) is 1. The van der Waals surface area contributed by atoms with Crippen LogP contribution in [0.5, 0.6) is 5.75 Å². The summed E-state index contributed by atoms with van der Waals surface area (Å²) in [5.74, 6) is -0.176. The molecule has 0 radical (unpaired) electrons. The maximum Gasteiger partial charge on any atom is 0.164 e. The van der Waals surface area contributed by atoms with Crippen LogP contribution in [-0.4, -0.2) is 12.4 Å². The Kier molecular flexibility index (Phi) is 3.86. The lowest BCUT2D eigenvalue weighted by Gasteiger charge is -2.09. The summed E-state index contributed by atoms with van der Waals surface area (Å²) in [5, 5.41) is 0. The predicted molar refractivity (Wildman–Crippen MR) is 60.3 cm³/mol. The maximum atomic E-state index is 13.0. The van der Waals surface area contributed by atoms with Crippen molar-refractivity contribution in [2.45, 2.75) is 13.8 Å². The van der Waals surface area contributed by atoms with Crippen molar-refractivity contribution in [3.8, 4) is 5.75 Å². The average Bonchev–Trinajstić information content (AvgIpc) is 2.01. The van der Waals surface area contributed by atoms with Crippen molar-refractivity contribution in [1.82, 2.24) is 0 Å². The molecule has 0 aliphatic heterocycles. The van der Waals surface area contributed by atoms with Crippen LogP contribution in [0.3, 0.4) is 0 Å². The van der Waals surface area contributed by atoms with Gasteiger partial charge in [0.1, 0.15) is 11.6 Å². The molecule has 0 saturated carbocycles. The van der Waals surface area contributed by atoms with Gasteiger partial charge < -0.3 is 4.74 Å². The van der Waals surface area contributed by atoms with Gasteiger partial charge in [-0.15, -0.1) is 0 Å². The molecule has 1 aromatic rings. The van der Waals surface area contributed by atoms with Gasteiger partial charge in [-0.05, 0) is 42.5 Å². The fourth-order valence-electron chi connectivity index (χ4n) is 1.16. The minimum Gasteiger partial charge on any atom is -0.493 e. The molecule has 0 fully saturated rings. The predicted octanol–water partition coefficient (Wildman–Crippen LogP) is 3.03. The molecule has 1 aromatic carbocycles. The van der Waals surface area contributed by atoms with E-state index in [-0.39, 0.29) is 11.6 Å². The summed E-state index contributed by atoms with van der Waals surface area (Å²) in [5.41, 5.74) is 0.453. The van der Waals surface area contributed by atoms with Crippen molar-refractivity contribution in [3.63, 3.8) is 0 Å². The number of halogens is 2. The molecule has 0 unspecified atom stereocenters. The van der Waals surface area contributed by atoms with Crippen molar-refractivity contribution >= 4 is 28.4 Å². The first-order valence-electron chi connectivity index (χ1n) is 4.19. The largest absolute Gasteiger partial charge is 0.493 e. The summed E-state index contributed by atoms with van der Waals surface area (Å²) in [6.45, 7) is 3.65. The summed E-state index contributed by atoms with van der Waals surface area (Å²) in [4.78, 5) is 11.3. The van der Waals surface area contributed by atoms with E-state index in [0.29, 0.717) is 21.5 Å². The van der Waals surface area contributed by atoms with E-state index in [1.54, 1.807) is 6.92 Å². The molecule has 0 aromatic heterocycles. The zero-order chi connectivity index (χ0) is 10.7. The molecule has 1 rings (SSSR count). The molecule has 0 aliphatic carbocycles. The lowest BCUT2D eigenvalue weighted by Crippen LogP contribution is -2.04. The number of Topliss-reactive ketones (excluding diaryl/α,β-unsaturated/α-hetero) is 1. The third-order valence-electron chi connectivity index (χ3n) is 1.67. The molecule has 0 amide bonds. The fraction of sp³-hybridized carbons (Fsp3) is 0.300. The summed E-state index contributed by atoms with van der Waals surface area (Å²) in [7, 11) is 0. The topological polar surface area (TPSA) is 26.3 Å². The van der Waals surface area contributed by atoms with Gasteiger partial charge in [-0.25, -0.2) is 4.39 Å². The van der Waals surface area contributed by atoms with Crippen LogP contribution in [0.2, 0.25) is 0 Å². The number of benzene rings is 1. The molecule has 76 valence electrons. The zero-order valence-corrected chi connectivity index (χ0v) is 10.1. The number of rotatable bonds is 3. The average molecular weight is 308 g/mol. The van der Waals surface area contributed by atoms with Gasteiger partial charge in [0.15, 0.2) is 5.78 Å². The Morgan fingerprint density at radius 1 is 1.57 bits per heavy atom. The van der Waals surface area contributed by atoms with Gasteiger partial charge in [-0.1, -0.05) is 0 Å². The molecule has 2 nitrogen and oxygen atoms in total. The van der Waals surface area contributed by atoms with Crippen molar-refractivity contribution in [1.29, 1.82) is 0 Å². The second kappa shape index (κ2) is 4.72. The molecule has 0 bridgehead atoms. The van der Waals surface area contributed by atoms with Crippen LogP contribution in [0.25, 0.3) is 0 Å². The van der Waals surface area contributed by atoms with Crippen LogP contribution in [0.15, 0.2) is 12.1 Å². The van der Waals surface area contributed by atoms with E-state index in [2.05, 4.69) is 0 Å². The van der Waals surface area contributed by atoms with E-state index >= 15 is 0 Å². The first kappa shape index (κ1) is 11.4. The Labute approximate surface area is 95.6 Å². The second-order valence-electron chi connectivity index (χ2n) is 2.75. The number of hydrogen-bond donors (Lipinski definition) is 0. The number of hydrogen-bond acceptors (Lipinski definition) is 2. The highest BCUT2D eigenvalue weighted by atomic mass is 127. The summed E-state index contributed by atoms with van der Waals surface area (Å²) in [6.07, 6.45) is 0. The van der Waals surface area contributed by atoms with Gasteiger partial charge in [0, 0.05) is 9.64 Å². The van der Waals surface area contributed by atoms with E-state index in [1.165, 1.54) is 19.1 Å². The van der Waals surface area contributed by atoms with Crippen LogP contribution in [0, 0.1) is 9.39 Å². The summed E-state index contributed by atoms with van der Waals surface area (Å²) >= 11 is 1.93. The third-order valence-corrected chi connectivity index (χ3v) is 2.52. The van der Waals surface area contributed by atoms with Crippen molar-refractivity contribution in [2.24, 2.45) is 0 Å². The minimum atomic E-state index is -0.386. The molecular weight excluding hydrogens is 298 g/mol. The van der Waals surface area contributed by atoms with Crippen LogP contribution in [0.4, 0.5) is 4.39 Å². The third kappa shape index (κ3) is 2.43. The highest BCUT2D eigenvalue weighted by molar-refractivity contribution is 14.1. The molecule has 0 N–H and O–H groups in total. The van der Waals surface area contributed by atoms with Crippen molar-refractivity contribution in [2.75, 3.05) is 6.61 Å². The Bertz CT molecular complexity index is 363. The van der Waals surface area contributed by atoms with E-state index in [1.807, 2.05) is 22.6 Å². The Balaban J connectivity index is 3.28. The van der Waals surface area contributed by atoms with Gasteiger partial charge in [-0.2, -0.15) is 0 Å². The van der Waals surface area contributed by atoms with Crippen LogP contribution in [-0.2, 0) is 0 Å². The van der Waals surface area contributed by atoms with Crippen molar-refractivity contribution < 1.29 is 13.9 Å². The lowest BCUT2D eigenvalue weighted by molar-refractivity contribution is 0.101. The van der Waals surface area contributed by atoms with Crippen LogP contribution < -0.4 is 4.74 Å². The highest BCUT2D eigenvalue weighted by Crippen LogP contribution is 2.26. The SMILES string of the molecule is CCOc1cc(F)cc(I)c1C(C)=O. The Morgan fingerprint density at radius 2 is 2.21 bits per heavy atom. The minimum absolute atomic E-state index is 0.113. The lowest BCUT2D eigenvalue weighted by atomic mass is 10.1. The van der Waals surface area contributed by atoms with E-state index in [9.17, 15) is 9.18 Å². The monoisotopic (exact) mass is 308 g/mol. The summed E-state index contributed by atoms with van der Waals surface area (Å²) < 4.78 is 18.8. The molecule has 0 spiro atoms. The highest BCUT2D eigenvalue weighted by Gasteiger charge is 2.14. The van der Waals surface area contributed by atoms with Gasteiger partial charge in [-0.3, -0.25) is 4.79 Å². The van der Waals surface area contributed by atoms with E-state index in [4.69, 9.17) is 4.74 Å². The molecule has 14 heavy (non-hydrogen) atoms. The maximum absolute atomic E-state index is 13.0. The Morgan fingerprint density at radius 3 is 2.71 bits per heavy atom. The van der Waals surface area contributed by atoms with E-state index in [0.717, 1.165) is 0 Å². The molecule has 0 atom stereocenters. The standard InChI is InChI=1S/C10H10FIO2/c1-3-14-9-5-7(11)4-8(12)10(9)6(2)13/h4-5H,3H2,1-2H3. The van der Waals surface area contributed by atoms with Crippen LogP contribution in [0.1, 0.15) is 24.2 Å². The second-order valence-corrected chi connectivity index (χ2v) is 3.91. The molecule has 0 heterocycles. The van der Waals surface area contributed by atoms with E-state index < -0.39 is 0 Å². The van der Waals surface area contributed by atoms with Gasteiger partial charge in [0.05, 0.1) is 12.2 Å². The van der Waals surface area contributed by atoms with Gasteiger partial charge >= 0.3 is 0 Å². The first-order chi connectivity index (χ1) is 6.56. The molecule has 4 heteroatoms. The Hall–Kier alpha value is -0.650. The quantitative estimate of drug-likeness (QED) is 0.634. The first-order valence-corrected chi connectivity index (χ1v) is 5.27. The van der Waals surface area contributed by atoms with Crippen molar-refractivity contribution in [3.05, 3.63) is 27.1 Å². The normalized spacial score (nSPS) is 10.0. The number of ketones is 1. The van der Waals surface area contributed by atoms with Crippen LogP contribution >= 0.6 is 22.6 Å². The van der Waals surface area contributed by atoms with Gasteiger partial charge in [0.25, 0.3) is 0 Å².